The molecule has 9 heteroatoms. The monoisotopic (exact) mass is 390 g/mol. The van der Waals surface area contributed by atoms with Crippen LogP contribution in [-0.4, -0.2) is 57.2 Å². The van der Waals surface area contributed by atoms with Crippen LogP contribution in [0.1, 0.15) is 41.5 Å². The molecule has 8 nitrogen and oxygen atoms in total. The molecule has 2 aliphatic heterocycles. The van der Waals surface area contributed by atoms with Crippen molar-refractivity contribution in [2.75, 3.05) is 6.54 Å². The number of rotatable bonds is 5. The van der Waals surface area contributed by atoms with E-state index in [1.54, 1.807) is 0 Å². The summed E-state index contributed by atoms with van der Waals surface area (Å²) in [7, 11) is -2.17. The van der Waals surface area contributed by atoms with E-state index in [4.69, 9.17) is 29.4 Å². The Hall–Kier alpha value is -0.553. The van der Waals surface area contributed by atoms with Crippen molar-refractivity contribution in [2.45, 2.75) is 96.1 Å². The number of nitrogens with one attached hydrogen (secondary N) is 1. The average molecular weight is 391 g/mol. The molecule has 0 bridgehead atoms. The van der Waals surface area contributed by atoms with E-state index in [0.29, 0.717) is 0 Å². The Kier molecular flexibility index (Phi) is 6.24. The Labute approximate surface area is 157 Å². The Balaban J connectivity index is 2.21. The highest BCUT2D eigenvalue weighted by Gasteiger charge is 2.56. The van der Waals surface area contributed by atoms with Crippen molar-refractivity contribution in [3.8, 4) is 0 Å². The lowest BCUT2D eigenvalue weighted by Gasteiger charge is -2.43. The van der Waals surface area contributed by atoms with Crippen LogP contribution in [0.15, 0.2) is 0 Å². The van der Waals surface area contributed by atoms with Crippen LogP contribution in [0.25, 0.3) is 0 Å². The van der Waals surface area contributed by atoms with Crippen molar-refractivity contribution in [3.05, 3.63) is 0 Å². The first-order valence-corrected chi connectivity index (χ1v) is 12.0. The number of ether oxygens (including phenoxy) is 3. The van der Waals surface area contributed by atoms with Gasteiger partial charge in [0, 0.05) is 13.5 Å². The molecule has 0 spiro atoms. The van der Waals surface area contributed by atoms with Crippen LogP contribution in [0, 0.1) is 0 Å². The van der Waals surface area contributed by atoms with E-state index in [1.165, 1.54) is 6.92 Å². The van der Waals surface area contributed by atoms with E-state index >= 15 is 0 Å². The van der Waals surface area contributed by atoms with Crippen molar-refractivity contribution in [1.82, 2.24) is 5.32 Å². The molecule has 0 aromatic heterocycles. The number of amides is 1. The zero-order chi connectivity index (χ0) is 19.9. The summed E-state index contributed by atoms with van der Waals surface area (Å²) in [5, 5.41) is 2.83. The Morgan fingerprint density at radius 3 is 2.31 bits per heavy atom. The number of hydrogen-bond acceptors (Lipinski definition) is 7. The van der Waals surface area contributed by atoms with Crippen molar-refractivity contribution < 1.29 is 28.5 Å². The summed E-state index contributed by atoms with van der Waals surface area (Å²) >= 11 is 0. The van der Waals surface area contributed by atoms with Gasteiger partial charge in [-0.25, -0.2) is 4.89 Å². The molecule has 2 saturated heterocycles. The highest BCUT2D eigenvalue weighted by atomic mass is 28.4. The van der Waals surface area contributed by atoms with E-state index in [9.17, 15) is 4.79 Å². The number of carbonyl (C=O) groups excluding carboxylic acids is 1. The topological polar surface area (TPSA) is 101 Å². The summed E-state index contributed by atoms with van der Waals surface area (Å²) in [6.07, 6.45) is -2.08. The molecule has 26 heavy (non-hydrogen) atoms. The van der Waals surface area contributed by atoms with E-state index in [2.05, 4.69) is 39.2 Å². The predicted octanol–water partition coefficient (Wildman–Crippen LogP) is 1.65. The van der Waals surface area contributed by atoms with Gasteiger partial charge in [-0.2, -0.15) is 0 Å². The summed E-state index contributed by atoms with van der Waals surface area (Å²) in [6.45, 7) is 15.8. The normalized spacial score (nSPS) is 34.4. The fourth-order valence-corrected chi connectivity index (χ4v) is 3.41. The summed E-state index contributed by atoms with van der Waals surface area (Å²) in [5.41, 5.74) is 5.87. The maximum absolute atomic E-state index is 11.7. The van der Waals surface area contributed by atoms with Crippen LogP contribution in [0.4, 0.5) is 0 Å². The van der Waals surface area contributed by atoms with Crippen molar-refractivity contribution >= 4 is 14.2 Å². The van der Waals surface area contributed by atoms with Crippen LogP contribution in [0.5, 0.6) is 0 Å². The maximum atomic E-state index is 11.7. The predicted molar refractivity (Wildman–Crippen MR) is 98.5 cm³/mol. The molecule has 2 fully saturated rings. The van der Waals surface area contributed by atoms with Gasteiger partial charge in [0.25, 0.3) is 0 Å². The minimum absolute atomic E-state index is 0.0318. The fraction of sp³-hybridized carbons (Fsp3) is 0.941. The highest BCUT2D eigenvalue weighted by molar-refractivity contribution is 6.73. The van der Waals surface area contributed by atoms with Gasteiger partial charge in [-0.15, -0.1) is 0 Å². The zero-order valence-electron chi connectivity index (χ0n) is 17.1. The molecule has 3 N–H and O–H groups in total. The molecule has 0 aliphatic carbocycles. The van der Waals surface area contributed by atoms with Crippen LogP contribution in [-0.2, 0) is 28.5 Å². The lowest BCUT2D eigenvalue weighted by Crippen LogP contribution is -2.64. The smallest absolute Gasteiger partial charge is 0.238 e. The van der Waals surface area contributed by atoms with Crippen LogP contribution < -0.4 is 11.1 Å². The summed E-state index contributed by atoms with van der Waals surface area (Å²) < 4.78 is 23.8. The molecule has 152 valence electrons. The maximum Gasteiger partial charge on any atom is 0.238 e. The molecule has 2 heterocycles. The van der Waals surface area contributed by atoms with Gasteiger partial charge < -0.3 is 25.3 Å². The lowest BCUT2D eigenvalue weighted by molar-refractivity contribution is -0.365. The van der Waals surface area contributed by atoms with Crippen LogP contribution in [0.2, 0.25) is 18.1 Å². The minimum Gasteiger partial charge on any atom is -0.346 e. The molecule has 1 amide bonds. The number of nitrogens with two attached hydrogens (primary N) is 1. The van der Waals surface area contributed by atoms with Crippen molar-refractivity contribution in [2.24, 2.45) is 5.73 Å². The first-order chi connectivity index (χ1) is 11.8. The molecular weight excluding hydrogens is 356 g/mol. The first kappa shape index (κ1) is 21.7. The molecule has 0 aromatic rings. The van der Waals surface area contributed by atoms with Gasteiger partial charge in [-0.05, 0) is 32.0 Å². The van der Waals surface area contributed by atoms with E-state index in [0.717, 1.165) is 0 Å². The molecule has 0 radical (unpaired) electrons. The van der Waals surface area contributed by atoms with Gasteiger partial charge in [-0.3, -0.25) is 9.37 Å². The van der Waals surface area contributed by atoms with Gasteiger partial charge in [-0.1, -0.05) is 20.8 Å². The van der Waals surface area contributed by atoms with Gasteiger partial charge in [0.2, 0.25) is 20.5 Å². The largest absolute Gasteiger partial charge is 0.346 e. The molecule has 0 saturated carbocycles. The third kappa shape index (κ3) is 4.64. The van der Waals surface area contributed by atoms with E-state index in [1.807, 2.05) is 13.8 Å². The van der Waals surface area contributed by atoms with Gasteiger partial charge in [0.1, 0.15) is 24.4 Å². The Morgan fingerprint density at radius 2 is 1.81 bits per heavy atom. The standard InChI is InChI=1S/C17H34N2O6Si/c1-10(20)19-12-14-13(22-17(5,6)23-14)11(9-18)21-15(12)24-25-26(7,8)16(2,3)4/h11-15H,9,18H2,1-8H3,(H,19,20). The van der Waals surface area contributed by atoms with Gasteiger partial charge in [0.15, 0.2) is 5.79 Å². The number of hydrogen-bond donors (Lipinski definition) is 2. The second-order valence-corrected chi connectivity index (χ2v) is 13.7. The fourth-order valence-electron chi connectivity index (χ4n) is 2.82. The van der Waals surface area contributed by atoms with Crippen LogP contribution >= 0.6 is 0 Å². The van der Waals surface area contributed by atoms with E-state index in [-0.39, 0.29) is 23.6 Å². The second-order valence-electron chi connectivity index (χ2n) is 9.01. The lowest BCUT2D eigenvalue weighted by atomic mass is 9.97. The molecule has 2 aliphatic rings. The average Bonchev–Trinajstić information content (AvgIpc) is 2.80. The molecule has 0 aromatic carbocycles. The van der Waals surface area contributed by atoms with Crippen molar-refractivity contribution in [3.63, 3.8) is 0 Å². The first-order valence-electron chi connectivity index (χ1n) is 9.10. The molecule has 5 unspecified atom stereocenters. The number of fused-ring (bicyclic) bond motifs is 1. The third-order valence-electron chi connectivity index (χ3n) is 5.25. The third-order valence-corrected chi connectivity index (χ3v) is 9.37. The SMILES string of the molecule is CC(=O)NC1C(OO[Si](C)(C)C(C)(C)C)OC(CN)C2OC(C)(C)OC12. The second kappa shape index (κ2) is 7.46. The highest BCUT2D eigenvalue weighted by Crippen LogP contribution is 2.40. The van der Waals surface area contributed by atoms with Crippen molar-refractivity contribution in [1.29, 1.82) is 0 Å². The Bertz CT molecular complexity index is 522. The van der Waals surface area contributed by atoms with Crippen LogP contribution in [0.3, 0.4) is 0 Å². The summed E-state index contributed by atoms with van der Waals surface area (Å²) in [5.74, 6) is -1.00. The molecular formula is C17H34N2O6Si. The molecule has 2 rings (SSSR count). The minimum atomic E-state index is -2.17. The summed E-state index contributed by atoms with van der Waals surface area (Å²) in [4.78, 5) is 17.5. The summed E-state index contributed by atoms with van der Waals surface area (Å²) in [6, 6.07) is -0.563. The number of carbonyl (C=O) groups is 1. The molecule has 5 atom stereocenters. The Morgan fingerprint density at radius 1 is 1.23 bits per heavy atom. The quantitative estimate of drug-likeness (QED) is 0.418. The van der Waals surface area contributed by atoms with Gasteiger partial charge in [0.05, 0.1) is 0 Å². The van der Waals surface area contributed by atoms with E-state index < -0.39 is 38.6 Å². The van der Waals surface area contributed by atoms with Gasteiger partial charge >= 0.3 is 0 Å². The zero-order valence-corrected chi connectivity index (χ0v) is 18.1.